The van der Waals surface area contributed by atoms with Crippen molar-refractivity contribution in [3.8, 4) is 0 Å². The fourth-order valence-corrected chi connectivity index (χ4v) is 3.10. The van der Waals surface area contributed by atoms with E-state index in [2.05, 4.69) is 13.8 Å². The third-order valence-corrected chi connectivity index (χ3v) is 4.65. The summed E-state index contributed by atoms with van der Waals surface area (Å²) in [5.74, 6) is 0.672. The van der Waals surface area contributed by atoms with Crippen LogP contribution in [0.4, 0.5) is 5.69 Å². The molecule has 0 radical (unpaired) electrons. The Morgan fingerprint density at radius 2 is 2.00 bits per heavy atom. The van der Waals surface area contributed by atoms with E-state index < -0.39 is 9.84 Å². The van der Waals surface area contributed by atoms with Crippen molar-refractivity contribution in [1.29, 1.82) is 0 Å². The van der Waals surface area contributed by atoms with Crippen LogP contribution in [0.15, 0.2) is 23.1 Å². The van der Waals surface area contributed by atoms with Crippen LogP contribution in [0.25, 0.3) is 0 Å². The number of sulfone groups is 1. The van der Waals surface area contributed by atoms with E-state index in [1.54, 1.807) is 0 Å². The zero-order chi connectivity index (χ0) is 13.1. The van der Waals surface area contributed by atoms with Crippen LogP contribution in [-0.2, 0) is 9.84 Å². The first kappa shape index (κ1) is 14.3. The Morgan fingerprint density at radius 3 is 2.53 bits per heavy atom. The van der Waals surface area contributed by atoms with Crippen LogP contribution in [0.1, 0.15) is 26.7 Å². The van der Waals surface area contributed by atoms with Gasteiger partial charge in [-0.05, 0) is 37.0 Å². The second-order valence-corrected chi connectivity index (χ2v) is 7.05. The Bertz CT molecular complexity index is 483. The average molecular weight is 276 g/mol. The summed E-state index contributed by atoms with van der Waals surface area (Å²) in [5.41, 5.74) is 5.94. The van der Waals surface area contributed by atoms with E-state index >= 15 is 0 Å². The third kappa shape index (κ3) is 4.21. The van der Waals surface area contributed by atoms with Gasteiger partial charge in [0.25, 0.3) is 0 Å². The van der Waals surface area contributed by atoms with Crippen molar-refractivity contribution in [2.75, 3.05) is 11.5 Å². The summed E-state index contributed by atoms with van der Waals surface area (Å²) in [6, 6.07) is 4.45. The molecule has 0 aliphatic heterocycles. The molecule has 0 amide bonds. The number of hydrogen-bond donors (Lipinski definition) is 1. The number of anilines is 1. The van der Waals surface area contributed by atoms with Crippen molar-refractivity contribution >= 4 is 27.1 Å². The van der Waals surface area contributed by atoms with Gasteiger partial charge in [0.2, 0.25) is 0 Å². The molecule has 3 nitrogen and oxygen atoms in total. The van der Waals surface area contributed by atoms with E-state index in [0.717, 1.165) is 6.42 Å². The van der Waals surface area contributed by atoms with Crippen molar-refractivity contribution in [2.24, 2.45) is 5.92 Å². The van der Waals surface area contributed by atoms with Crippen LogP contribution >= 0.6 is 11.6 Å². The molecule has 17 heavy (non-hydrogen) atoms. The molecule has 0 bridgehead atoms. The van der Waals surface area contributed by atoms with Gasteiger partial charge in [0.05, 0.1) is 21.4 Å². The molecular formula is C12H18ClNO2S. The quantitative estimate of drug-likeness (QED) is 0.840. The van der Waals surface area contributed by atoms with Gasteiger partial charge in [-0.15, -0.1) is 0 Å². The molecule has 0 heterocycles. The van der Waals surface area contributed by atoms with E-state index in [4.69, 9.17) is 17.3 Å². The van der Waals surface area contributed by atoms with E-state index in [9.17, 15) is 8.42 Å². The van der Waals surface area contributed by atoms with Gasteiger partial charge in [-0.1, -0.05) is 25.4 Å². The molecule has 1 aromatic carbocycles. The lowest BCUT2D eigenvalue weighted by atomic mass is 10.1. The maximum Gasteiger partial charge on any atom is 0.178 e. The summed E-state index contributed by atoms with van der Waals surface area (Å²) in [6.45, 7) is 4.15. The molecule has 1 aromatic rings. The molecule has 0 fully saturated rings. The van der Waals surface area contributed by atoms with E-state index in [0.29, 0.717) is 18.0 Å². The van der Waals surface area contributed by atoms with Gasteiger partial charge >= 0.3 is 0 Å². The lowest BCUT2D eigenvalue weighted by Gasteiger charge is -2.07. The van der Waals surface area contributed by atoms with E-state index in [1.165, 1.54) is 18.2 Å². The van der Waals surface area contributed by atoms with Crippen LogP contribution in [0.5, 0.6) is 0 Å². The molecule has 0 aromatic heterocycles. The Kier molecular flexibility index (Phi) is 4.83. The maximum absolute atomic E-state index is 12.0. The molecule has 0 saturated heterocycles. The maximum atomic E-state index is 12.0. The SMILES string of the molecule is CC(C)CCCS(=O)(=O)c1ccc(N)c(Cl)c1. The molecule has 0 unspecified atom stereocenters. The van der Waals surface area contributed by atoms with Gasteiger partial charge in [0.15, 0.2) is 9.84 Å². The van der Waals surface area contributed by atoms with Crippen molar-refractivity contribution in [2.45, 2.75) is 31.6 Å². The van der Waals surface area contributed by atoms with Crippen molar-refractivity contribution in [1.82, 2.24) is 0 Å². The van der Waals surface area contributed by atoms with Crippen molar-refractivity contribution in [3.63, 3.8) is 0 Å². The summed E-state index contributed by atoms with van der Waals surface area (Å²) in [7, 11) is -3.24. The number of benzene rings is 1. The van der Waals surface area contributed by atoms with E-state index in [1.807, 2.05) is 0 Å². The molecule has 0 atom stereocenters. The largest absolute Gasteiger partial charge is 0.398 e. The van der Waals surface area contributed by atoms with Crippen molar-refractivity contribution < 1.29 is 8.42 Å². The Hall–Kier alpha value is -0.740. The number of rotatable bonds is 5. The van der Waals surface area contributed by atoms with Gasteiger partial charge in [-0.2, -0.15) is 0 Å². The van der Waals surface area contributed by atoms with E-state index in [-0.39, 0.29) is 15.7 Å². The minimum atomic E-state index is -3.24. The molecule has 96 valence electrons. The monoisotopic (exact) mass is 275 g/mol. The zero-order valence-electron chi connectivity index (χ0n) is 10.1. The third-order valence-electron chi connectivity index (χ3n) is 2.53. The molecular weight excluding hydrogens is 258 g/mol. The van der Waals surface area contributed by atoms with Crippen LogP contribution in [0, 0.1) is 5.92 Å². The first-order valence-electron chi connectivity index (χ1n) is 5.60. The van der Waals surface area contributed by atoms with Crippen LogP contribution in [0.2, 0.25) is 5.02 Å². The molecule has 5 heteroatoms. The smallest absolute Gasteiger partial charge is 0.178 e. The molecule has 1 rings (SSSR count). The fraction of sp³-hybridized carbons (Fsp3) is 0.500. The molecule has 0 spiro atoms. The van der Waals surface area contributed by atoms with Gasteiger partial charge in [0, 0.05) is 0 Å². The highest BCUT2D eigenvalue weighted by Crippen LogP contribution is 2.23. The Morgan fingerprint density at radius 1 is 1.35 bits per heavy atom. The number of nitrogens with two attached hydrogens (primary N) is 1. The minimum Gasteiger partial charge on any atom is -0.398 e. The number of halogens is 1. The lowest BCUT2D eigenvalue weighted by Crippen LogP contribution is -2.08. The summed E-state index contributed by atoms with van der Waals surface area (Å²) in [6.07, 6.45) is 1.57. The molecule has 0 aliphatic rings. The standard InChI is InChI=1S/C12H18ClNO2S/c1-9(2)4-3-7-17(15,16)10-5-6-12(14)11(13)8-10/h5-6,8-9H,3-4,7,14H2,1-2H3. The van der Waals surface area contributed by atoms with Gasteiger partial charge in [0.1, 0.15) is 0 Å². The Labute approximate surface area is 108 Å². The Balaban J connectivity index is 2.79. The van der Waals surface area contributed by atoms with Crippen LogP contribution in [-0.4, -0.2) is 14.2 Å². The molecule has 2 N–H and O–H groups in total. The second-order valence-electron chi connectivity index (χ2n) is 4.54. The van der Waals surface area contributed by atoms with Crippen LogP contribution < -0.4 is 5.73 Å². The highest BCUT2D eigenvalue weighted by molar-refractivity contribution is 7.91. The van der Waals surface area contributed by atoms with Crippen molar-refractivity contribution in [3.05, 3.63) is 23.2 Å². The minimum absolute atomic E-state index is 0.158. The van der Waals surface area contributed by atoms with Gasteiger partial charge in [-0.25, -0.2) is 8.42 Å². The summed E-state index contributed by atoms with van der Waals surface area (Å²) in [5, 5.41) is 0.287. The predicted octanol–water partition coefficient (Wildman–Crippen LogP) is 3.13. The number of hydrogen-bond acceptors (Lipinski definition) is 3. The second kappa shape index (κ2) is 5.74. The first-order valence-corrected chi connectivity index (χ1v) is 7.64. The highest BCUT2D eigenvalue weighted by Gasteiger charge is 2.15. The number of nitrogen functional groups attached to an aromatic ring is 1. The highest BCUT2D eigenvalue weighted by atomic mass is 35.5. The zero-order valence-corrected chi connectivity index (χ0v) is 11.7. The molecule has 0 saturated carbocycles. The topological polar surface area (TPSA) is 60.2 Å². The predicted molar refractivity (Wildman–Crippen MR) is 72.0 cm³/mol. The first-order chi connectivity index (χ1) is 7.83. The van der Waals surface area contributed by atoms with Gasteiger partial charge in [-0.3, -0.25) is 0 Å². The summed E-state index contributed by atoms with van der Waals surface area (Å²) >= 11 is 5.81. The fourth-order valence-electron chi connectivity index (χ4n) is 1.50. The molecule has 0 aliphatic carbocycles. The summed E-state index contributed by atoms with van der Waals surface area (Å²) < 4.78 is 24.0. The van der Waals surface area contributed by atoms with Crippen LogP contribution in [0.3, 0.4) is 0 Å². The van der Waals surface area contributed by atoms with Gasteiger partial charge < -0.3 is 5.73 Å². The summed E-state index contributed by atoms with van der Waals surface area (Å²) in [4.78, 5) is 0.250. The lowest BCUT2D eigenvalue weighted by molar-refractivity contribution is 0.560. The normalized spacial score (nSPS) is 12.0. The average Bonchev–Trinajstić information content (AvgIpc) is 2.21.